The van der Waals surface area contributed by atoms with Crippen LogP contribution in [-0.2, 0) is 0 Å². The molecule has 5 heteroatoms. The van der Waals surface area contributed by atoms with Gasteiger partial charge in [0.15, 0.2) is 0 Å². The molecule has 5 nitrogen and oxygen atoms in total. The Balaban J connectivity index is 1.28. The number of fused-ring (bicyclic) bond motifs is 3. The van der Waals surface area contributed by atoms with Gasteiger partial charge in [0.25, 0.3) is 0 Å². The Labute approximate surface area is 255 Å². The highest BCUT2D eigenvalue weighted by Crippen LogP contribution is 2.39. The van der Waals surface area contributed by atoms with Crippen molar-refractivity contribution < 1.29 is 4.42 Å². The Bertz CT molecular complexity index is 2190. The Morgan fingerprint density at radius 3 is 2.36 bits per heavy atom. The van der Waals surface area contributed by atoms with Gasteiger partial charge >= 0.3 is 0 Å². The Kier molecular flexibility index (Phi) is 7.17. The molecule has 210 valence electrons. The summed E-state index contributed by atoms with van der Waals surface area (Å²) in [4.78, 5) is 4.57. The summed E-state index contributed by atoms with van der Waals surface area (Å²) in [6.45, 7) is 0. The number of furan rings is 1. The first-order valence-corrected chi connectivity index (χ1v) is 14.4. The summed E-state index contributed by atoms with van der Waals surface area (Å²) >= 11 is 0. The van der Waals surface area contributed by atoms with Gasteiger partial charge in [0.2, 0.25) is 0 Å². The van der Waals surface area contributed by atoms with E-state index in [0.29, 0.717) is 5.56 Å². The third kappa shape index (κ3) is 5.34. The molecule has 1 atom stereocenters. The van der Waals surface area contributed by atoms with E-state index in [2.05, 4.69) is 58.8 Å². The minimum absolute atomic E-state index is 0.504. The fraction of sp³-hybridized carbons (Fsp3) is 0.0256. The largest absolute Gasteiger partial charge is 0.455 e. The normalized spacial score (nSPS) is 12.0. The van der Waals surface area contributed by atoms with Crippen LogP contribution in [0.2, 0.25) is 0 Å². The van der Waals surface area contributed by atoms with Crippen molar-refractivity contribution in [1.29, 1.82) is 5.26 Å². The third-order valence-corrected chi connectivity index (χ3v) is 7.73. The van der Waals surface area contributed by atoms with Crippen LogP contribution in [0.3, 0.4) is 0 Å². The summed E-state index contributed by atoms with van der Waals surface area (Å²) in [7, 11) is 0. The van der Waals surface area contributed by atoms with E-state index < -0.39 is 6.17 Å². The molecule has 0 amide bonds. The molecule has 7 rings (SSSR count). The van der Waals surface area contributed by atoms with Crippen molar-refractivity contribution in [2.45, 2.75) is 6.17 Å². The van der Waals surface area contributed by atoms with Gasteiger partial charge < -0.3 is 15.5 Å². The van der Waals surface area contributed by atoms with Gasteiger partial charge in [-0.15, -0.1) is 0 Å². The minimum atomic E-state index is -0.504. The summed E-state index contributed by atoms with van der Waals surface area (Å²) in [5, 5.41) is 15.4. The SMILES string of the molecule is N#Cc1cccc(-c2cc(-c3cccc4c3oc3ccccc34)ccc2Nc2cccc(C(N)/N=C/c3ccccc3)c2)c1. The van der Waals surface area contributed by atoms with E-state index in [-0.39, 0.29) is 0 Å². The predicted octanol–water partition coefficient (Wildman–Crippen LogP) is 9.61. The highest BCUT2D eigenvalue weighted by Gasteiger charge is 2.15. The lowest BCUT2D eigenvalue weighted by Crippen LogP contribution is -2.08. The molecule has 0 spiro atoms. The summed E-state index contributed by atoms with van der Waals surface area (Å²) in [5.41, 5.74) is 16.4. The van der Waals surface area contributed by atoms with Crippen molar-refractivity contribution in [3.8, 4) is 28.3 Å². The second-order valence-electron chi connectivity index (χ2n) is 10.6. The van der Waals surface area contributed by atoms with Crippen LogP contribution in [0.25, 0.3) is 44.2 Å². The number of anilines is 2. The first-order valence-electron chi connectivity index (χ1n) is 14.4. The Morgan fingerprint density at radius 2 is 1.48 bits per heavy atom. The highest BCUT2D eigenvalue weighted by atomic mass is 16.3. The zero-order valence-corrected chi connectivity index (χ0v) is 23.8. The molecule has 0 aliphatic rings. The van der Waals surface area contributed by atoms with E-state index in [1.165, 1.54) is 0 Å². The number of rotatable bonds is 7. The number of aliphatic imine (C=N–C) groups is 1. The van der Waals surface area contributed by atoms with Crippen molar-refractivity contribution in [3.05, 3.63) is 156 Å². The molecule has 0 aliphatic heterocycles. The Morgan fingerprint density at radius 1 is 0.705 bits per heavy atom. The standard InChI is InChI=1S/C39H28N4O/c40-24-27-11-6-12-28(21-27)35-23-29(32-16-8-17-34-33-15-4-5-18-37(33)44-38(32)34)19-20-36(35)43-31-14-7-13-30(22-31)39(41)42-25-26-9-2-1-3-10-26/h1-23,25,39,43H,41H2/b42-25+. The summed E-state index contributed by atoms with van der Waals surface area (Å²) in [6.07, 6.45) is 1.29. The monoisotopic (exact) mass is 568 g/mol. The van der Waals surface area contributed by atoms with Gasteiger partial charge in [-0.2, -0.15) is 5.26 Å². The van der Waals surface area contributed by atoms with Crippen LogP contribution in [0.4, 0.5) is 11.4 Å². The van der Waals surface area contributed by atoms with Gasteiger partial charge in [0.1, 0.15) is 17.3 Å². The molecule has 6 aromatic carbocycles. The van der Waals surface area contributed by atoms with E-state index in [1.807, 2.05) is 97.1 Å². The maximum Gasteiger partial charge on any atom is 0.143 e. The molecule has 0 aliphatic carbocycles. The van der Waals surface area contributed by atoms with Gasteiger partial charge in [0, 0.05) is 39.5 Å². The van der Waals surface area contributed by atoms with Crippen molar-refractivity contribution in [1.82, 2.24) is 0 Å². The maximum atomic E-state index is 9.63. The molecular weight excluding hydrogens is 540 g/mol. The molecule has 1 heterocycles. The van der Waals surface area contributed by atoms with Crippen LogP contribution in [0.1, 0.15) is 22.9 Å². The van der Waals surface area contributed by atoms with Gasteiger partial charge in [-0.05, 0) is 64.7 Å². The van der Waals surface area contributed by atoms with Crippen molar-refractivity contribution in [2.75, 3.05) is 5.32 Å². The van der Waals surface area contributed by atoms with E-state index in [9.17, 15) is 5.26 Å². The van der Waals surface area contributed by atoms with E-state index >= 15 is 0 Å². The van der Waals surface area contributed by atoms with E-state index in [1.54, 1.807) is 6.21 Å². The summed E-state index contributed by atoms with van der Waals surface area (Å²) in [5.74, 6) is 0. The fourth-order valence-corrected chi connectivity index (χ4v) is 5.54. The van der Waals surface area contributed by atoms with E-state index in [4.69, 9.17) is 10.2 Å². The summed E-state index contributed by atoms with van der Waals surface area (Å²) in [6, 6.07) is 48.5. The number of hydrogen-bond acceptors (Lipinski definition) is 5. The lowest BCUT2D eigenvalue weighted by molar-refractivity contribution is 0.670. The second-order valence-corrected chi connectivity index (χ2v) is 10.6. The minimum Gasteiger partial charge on any atom is -0.455 e. The topological polar surface area (TPSA) is 87.3 Å². The zero-order chi connectivity index (χ0) is 29.9. The van der Waals surface area contributed by atoms with E-state index in [0.717, 1.165) is 66.7 Å². The van der Waals surface area contributed by atoms with Crippen LogP contribution in [0.5, 0.6) is 0 Å². The first kappa shape index (κ1) is 26.9. The molecule has 1 aromatic heterocycles. The Hall–Kier alpha value is -5.96. The maximum absolute atomic E-state index is 9.63. The highest BCUT2D eigenvalue weighted by molar-refractivity contribution is 6.09. The molecule has 7 aromatic rings. The number of nitrogens with zero attached hydrogens (tertiary/aromatic N) is 2. The zero-order valence-electron chi connectivity index (χ0n) is 23.8. The average molecular weight is 569 g/mol. The smallest absolute Gasteiger partial charge is 0.143 e. The molecule has 0 fully saturated rings. The van der Waals surface area contributed by atoms with Gasteiger partial charge in [-0.3, -0.25) is 4.99 Å². The lowest BCUT2D eigenvalue weighted by atomic mass is 9.95. The molecule has 0 bridgehead atoms. The van der Waals surface area contributed by atoms with Gasteiger partial charge in [-0.1, -0.05) is 97.1 Å². The number of benzene rings is 6. The number of nitriles is 1. The van der Waals surface area contributed by atoms with Crippen LogP contribution >= 0.6 is 0 Å². The average Bonchev–Trinajstić information content (AvgIpc) is 3.47. The van der Waals surface area contributed by atoms with Crippen LogP contribution < -0.4 is 11.1 Å². The predicted molar refractivity (Wildman–Crippen MR) is 180 cm³/mol. The molecule has 44 heavy (non-hydrogen) atoms. The quantitative estimate of drug-likeness (QED) is 0.187. The van der Waals surface area contributed by atoms with Crippen LogP contribution in [-0.4, -0.2) is 6.21 Å². The molecule has 1 unspecified atom stereocenters. The summed E-state index contributed by atoms with van der Waals surface area (Å²) < 4.78 is 6.35. The lowest BCUT2D eigenvalue weighted by Gasteiger charge is -2.16. The number of para-hydroxylation sites is 2. The van der Waals surface area contributed by atoms with Crippen molar-refractivity contribution >= 4 is 39.5 Å². The van der Waals surface area contributed by atoms with Crippen molar-refractivity contribution in [3.63, 3.8) is 0 Å². The molecule has 0 saturated carbocycles. The second kappa shape index (κ2) is 11.7. The van der Waals surface area contributed by atoms with Crippen molar-refractivity contribution in [2.24, 2.45) is 10.7 Å². The third-order valence-electron chi connectivity index (χ3n) is 7.73. The van der Waals surface area contributed by atoms with Gasteiger partial charge in [0.05, 0.1) is 11.6 Å². The number of nitrogens with one attached hydrogen (secondary N) is 1. The number of nitrogens with two attached hydrogens (primary N) is 1. The molecule has 0 saturated heterocycles. The van der Waals surface area contributed by atoms with Crippen LogP contribution in [0, 0.1) is 11.3 Å². The molecular formula is C39H28N4O. The molecule has 0 radical (unpaired) electrons. The molecule has 3 N–H and O–H groups in total. The number of hydrogen-bond donors (Lipinski definition) is 2. The van der Waals surface area contributed by atoms with Gasteiger partial charge in [-0.25, -0.2) is 0 Å². The van der Waals surface area contributed by atoms with Crippen LogP contribution in [0.15, 0.2) is 149 Å². The first-order chi connectivity index (χ1) is 21.7. The fourth-order valence-electron chi connectivity index (χ4n) is 5.54.